The Bertz CT molecular complexity index is 582. The Labute approximate surface area is 103 Å². The third kappa shape index (κ3) is 1.55. The van der Waals surface area contributed by atoms with Gasteiger partial charge in [0.1, 0.15) is 11.8 Å². The van der Waals surface area contributed by atoms with Crippen LogP contribution in [0.2, 0.25) is 0 Å². The van der Waals surface area contributed by atoms with Crippen molar-refractivity contribution in [2.75, 3.05) is 12.3 Å². The van der Waals surface area contributed by atoms with E-state index in [9.17, 15) is 10.2 Å². The normalized spacial score (nSPS) is 27.3. The topological polar surface area (TPSA) is 110 Å². The summed E-state index contributed by atoms with van der Waals surface area (Å²) in [5.41, 5.74) is 5.98. The zero-order valence-electron chi connectivity index (χ0n) is 9.82. The largest absolute Gasteiger partial charge is 0.396 e. The summed E-state index contributed by atoms with van der Waals surface area (Å²) in [7, 11) is 0. The zero-order valence-corrected chi connectivity index (χ0v) is 9.82. The standard InChI is InChI=1S/C11H15N5O2/c12-9-8-10(14-5-13-9)16(6-15-8)4-11(18)2-1-7(11)3-17/h5-7,17-18H,1-4H2,(H2,12,13,14)/t7-,11-/m0/s1. The Morgan fingerprint density at radius 3 is 2.94 bits per heavy atom. The van der Waals surface area contributed by atoms with Crippen LogP contribution in [0.25, 0.3) is 11.2 Å². The van der Waals surface area contributed by atoms with Crippen LogP contribution in [0.15, 0.2) is 12.7 Å². The van der Waals surface area contributed by atoms with Crippen molar-refractivity contribution in [3.8, 4) is 0 Å². The Balaban J connectivity index is 1.94. The van der Waals surface area contributed by atoms with Crippen molar-refractivity contribution in [2.24, 2.45) is 5.92 Å². The molecule has 3 rings (SSSR count). The van der Waals surface area contributed by atoms with E-state index in [2.05, 4.69) is 15.0 Å². The number of aliphatic hydroxyl groups is 2. The van der Waals surface area contributed by atoms with Gasteiger partial charge in [0.25, 0.3) is 0 Å². The van der Waals surface area contributed by atoms with E-state index in [0.717, 1.165) is 6.42 Å². The number of anilines is 1. The summed E-state index contributed by atoms with van der Waals surface area (Å²) in [6, 6.07) is 0. The van der Waals surface area contributed by atoms with Crippen LogP contribution in [-0.2, 0) is 6.54 Å². The van der Waals surface area contributed by atoms with Crippen LogP contribution < -0.4 is 5.73 Å². The maximum Gasteiger partial charge on any atom is 0.165 e. The first-order valence-electron chi connectivity index (χ1n) is 5.88. The number of imidazole rings is 1. The maximum atomic E-state index is 10.4. The molecule has 0 bridgehead atoms. The molecule has 1 aliphatic rings. The number of hydrogen-bond donors (Lipinski definition) is 3. The molecule has 18 heavy (non-hydrogen) atoms. The van der Waals surface area contributed by atoms with Gasteiger partial charge in [-0.25, -0.2) is 15.0 Å². The third-order valence-electron chi connectivity index (χ3n) is 3.78. The SMILES string of the molecule is Nc1ncnc2c1ncn2C[C@@]1(O)CC[C@H]1CO. The number of aromatic nitrogens is 4. The van der Waals surface area contributed by atoms with E-state index in [1.807, 2.05) is 0 Å². The number of rotatable bonds is 3. The summed E-state index contributed by atoms with van der Waals surface area (Å²) in [5, 5.41) is 19.6. The summed E-state index contributed by atoms with van der Waals surface area (Å²) < 4.78 is 1.76. The second-order valence-corrected chi connectivity index (χ2v) is 4.83. The van der Waals surface area contributed by atoms with Crippen LogP contribution >= 0.6 is 0 Å². The Hall–Kier alpha value is -1.73. The Morgan fingerprint density at radius 1 is 1.44 bits per heavy atom. The number of nitrogens with two attached hydrogens (primary N) is 1. The van der Waals surface area contributed by atoms with Crippen molar-refractivity contribution in [1.29, 1.82) is 0 Å². The van der Waals surface area contributed by atoms with E-state index in [1.165, 1.54) is 6.33 Å². The quantitative estimate of drug-likeness (QED) is 0.679. The number of hydrogen-bond acceptors (Lipinski definition) is 6. The minimum absolute atomic E-state index is 0.000251. The molecule has 0 saturated heterocycles. The first-order valence-corrected chi connectivity index (χ1v) is 5.88. The summed E-state index contributed by atoms with van der Waals surface area (Å²) in [6.45, 7) is 0.367. The molecule has 2 aromatic heterocycles. The van der Waals surface area contributed by atoms with Crippen LogP contribution in [-0.4, -0.2) is 41.9 Å². The molecule has 0 amide bonds. The average molecular weight is 249 g/mol. The molecule has 0 spiro atoms. The molecule has 2 aromatic rings. The van der Waals surface area contributed by atoms with Crippen molar-refractivity contribution in [3.63, 3.8) is 0 Å². The Morgan fingerprint density at radius 2 is 2.28 bits per heavy atom. The van der Waals surface area contributed by atoms with Crippen LogP contribution in [0, 0.1) is 5.92 Å². The molecule has 2 atom stereocenters. The minimum Gasteiger partial charge on any atom is -0.396 e. The van der Waals surface area contributed by atoms with Crippen LogP contribution in [0.1, 0.15) is 12.8 Å². The highest BCUT2D eigenvalue weighted by atomic mass is 16.3. The first-order chi connectivity index (χ1) is 8.64. The fourth-order valence-electron chi connectivity index (χ4n) is 2.46. The zero-order chi connectivity index (χ0) is 12.8. The second kappa shape index (κ2) is 3.89. The third-order valence-corrected chi connectivity index (χ3v) is 3.78. The number of nitrogens with zero attached hydrogens (tertiary/aromatic N) is 4. The lowest BCUT2D eigenvalue weighted by Crippen LogP contribution is -2.51. The van der Waals surface area contributed by atoms with Gasteiger partial charge in [-0.1, -0.05) is 0 Å². The molecule has 0 aliphatic heterocycles. The molecule has 96 valence electrons. The van der Waals surface area contributed by atoms with Gasteiger partial charge in [-0.3, -0.25) is 0 Å². The fourth-order valence-corrected chi connectivity index (χ4v) is 2.46. The molecule has 2 heterocycles. The summed E-state index contributed by atoms with van der Waals surface area (Å²) in [4.78, 5) is 12.2. The Kier molecular flexibility index (Phi) is 2.46. The predicted molar refractivity (Wildman–Crippen MR) is 64.5 cm³/mol. The van der Waals surface area contributed by atoms with Crippen molar-refractivity contribution < 1.29 is 10.2 Å². The number of nitrogen functional groups attached to an aromatic ring is 1. The highest BCUT2D eigenvalue weighted by Crippen LogP contribution is 2.39. The van der Waals surface area contributed by atoms with Crippen molar-refractivity contribution in [3.05, 3.63) is 12.7 Å². The van der Waals surface area contributed by atoms with Crippen LogP contribution in [0.4, 0.5) is 5.82 Å². The van der Waals surface area contributed by atoms with E-state index < -0.39 is 5.60 Å². The van der Waals surface area contributed by atoms with Gasteiger partial charge in [0.05, 0.1) is 18.5 Å². The summed E-state index contributed by atoms with van der Waals surface area (Å²) >= 11 is 0. The lowest BCUT2D eigenvalue weighted by atomic mass is 9.69. The van der Waals surface area contributed by atoms with E-state index in [1.54, 1.807) is 10.9 Å². The summed E-state index contributed by atoms with van der Waals surface area (Å²) in [5.74, 6) is 0.257. The molecule has 1 fully saturated rings. The highest BCUT2D eigenvalue weighted by Gasteiger charge is 2.45. The van der Waals surface area contributed by atoms with Crippen molar-refractivity contribution >= 4 is 17.0 Å². The molecule has 4 N–H and O–H groups in total. The predicted octanol–water partition coefficient (Wildman–Crippen LogP) is -0.458. The number of fused-ring (bicyclic) bond motifs is 1. The van der Waals surface area contributed by atoms with E-state index >= 15 is 0 Å². The molecule has 7 heteroatoms. The molecule has 1 saturated carbocycles. The average Bonchev–Trinajstić information content (AvgIpc) is 2.73. The van der Waals surface area contributed by atoms with E-state index in [4.69, 9.17) is 5.73 Å². The van der Waals surface area contributed by atoms with Crippen molar-refractivity contribution in [1.82, 2.24) is 19.5 Å². The lowest BCUT2D eigenvalue weighted by Gasteiger charge is -2.44. The smallest absolute Gasteiger partial charge is 0.165 e. The maximum absolute atomic E-state index is 10.4. The second-order valence-electron chi connectivity index (χ2n) is 4.83. The molecular weight excluding hydrogens is 234 g/mol. The van der Waals surface area contributed by atoms with Gasteiger partial charge in [0.15, 0.2) is 11.5 Å². The molecule has 7 nitrogen and oxygen atoms in total. The molecular formula is C11H15N5O2. The first kappa shape index (κ1) is 11.4. The monoisotopic (exact) mass is 249 g/mol. The van der Waals surface area contributed by atoms with E-state index in [0.29, 0.717) is 29.9 Å². The van der Waals surface area contributed by atoms with Crippen LogP contribution in [0.3, 0.4) is 0 Å². The van der Waals surface area contributed by atoms with Crippen molar-refractivity contribution in [2.45, 2.75) is 25.0 Å². The fraction of sp³-hybridized carbons (Fsp3) is 0.545. The van der Waals surface area contributed by atoms with Gasteiger partial charge in [0, 0.05) is 12.5 Å². The minimum atomic E-state index is -0.873. The number of aliphatic hydroxyl groups excluding tert-OH is 1. The highest BCUT2D eigenvalue weighted by molar-refractivity contribution is 5.81. The van der Waals surface area contributed by atoms with Gasteiger partial charge >= 0.3 is 0 Å². The van der Waals surface area contributed by atoms with Crippen LogP contribution in [0.5, 0.6) is 0 Å². The summed E-state index contributed by atoms with van der Waals surface area (Å²) in [6.07, 6.45) is 4.50. The van der Waals surface area contributed by atoms with Gasteiger partial charge in [-0.2, -0.15) is 0 Å². The van der Waals surface area contributed by atoms with Gasteiger partial charge < -0.3 is 20.5 Å². The molecule has 1 aliphatic carbocycles. The van der Waals surface area contributed by atoms with Gasteiger partial charge in [-0.15, -0.1) is 0 Å². The molecule has 0 unspecified atom stereocenters. The molecule has 0 radical (unpaired) electrons. The van der Waals surface area contributed by atoms with Gasteiger partial charge in [0.2, 0.25) is 0 Å². The molecule has 0 aromatic carbocycles. The van der Waals surface area contributed by atoms with E-state index in [-0.39, 0.29) is 12.5 Å². The van der Waals surface area contributed by atoms with Gasteiger partial charge in [-0.05, 0) is 12.8 Å². The lowest BCUT2D eigenvalue weighted by molar-refractivity contribution is -0.122.